The van der Waals surface area contributed by atoms with Gasteiger partial charge in [-0.05, 0) is 54.7 Å². The summed E-state index contributed by atoms with van der Waals surface area (Å²) in [7, 11) is 1.58. The van der Waals surface area contributed by atoms with E-state index in [4.69, 9.17) is 26.1 Å². The summed E-state index contributed by atoms with van der Waals surface area (Å²) in [5.74, 6) is 0.609. The number of carboxylic acid groups (broad SMARTS) is 1. The molecule has 0 unspecified atom stereocenters. The maximum atomic E-state index is 11.5. The van der Waals surface area contributed by atoms with E-state index < -0.39 is 6.09 Å². The van der Waals surface area contributed by atoms with Gasteiger partial charge in [0.25, 0.3) is 0 Å². The normalized spacial score (nSPS) is 15.2. The molecule has 1 amide bonds. The number of anilines is 1. The Balaban J connectivity index is 1.63. The molecule has 0 saturated carbocycles. The number of aromatic nitrogens is 1. The molecule has 0 radical (unpaired) electrons. The lowest BCUT2D eigenvalue weighted by Crippen LogP contribution is -2.37. The van der Waals surface area contributed by atoms with E-state index in [9.17, 15) is 15.2 Å². The Labute approximate surface area is 215 Å². The molecule has 2 aromatic carbocycles. The number of benzene rings is 2. The number of likely N-dealkylation sites (tertiary alicyclic amines) is 1. The van der Waals surface area contributed by atoms with Crippen molar-refractivity contribution < 1.29 is 19.4 Å². The standard InChI is InChI=1S/C27H29ClN4O4/c1-3-19-9-18(12-29)10-22-25(19)31-14-20(15-36-16-21-5-4-8-32(21)27(33)34)26(22)30-13-17-6-7-24(35-2)23(28)11-17/h6-7,9-11,14,21H,3-5,8,13,15-16H2,1-2H3,(H,30,31)(H,33,34)/t21-/m1/s1. The molecule has 1 saturated heterocycles. The number of nitrogens with one attached hydrogen (secondary N) is 1. The average molecular weight is 509 g/mol. The van der Waals surface area contributed by atoms with Crippen LogP contribution >= 0.6 is 11.6 Å². The number of aryl methyl sites for hydroxylation is 1. The first-order valence-corrected chi connectivity index (χ1v) is 12.3. The summed E-state index contributed by atoms with van der Waals surface area (Å²) in [5.41, 5.74) is 5.03. The van der Waals surface area contributed by atoms with Crippen molar-refractivity contribution in [2.24, 2.45) is 0 Å². The topological polar surface area (TPSA) is 108 Å². The summed E-state index contributed by atoms with van der Waals surface area (Å²) in [6.45, 7) is 3.64. The molecule has 0 aliphatic carbocycles. The van der Waals surface area contributed by atoms with Crippen molar-refractivity contribution in [2.75, 3.05) is 25.6 Å². The largest absolute Gasteiger partial charge is 0.495 e. The molecule has 2 heterocycles. The van der Waals surface area contributed by atoms with E-state index in [1.807, 2.05) is 37.3 Å². The highest BCUT2D eigenvalue weighted by Crippen LogP contribution is 2.32. The molecule has 9 heteroatoms. The Morgan fingerprint density at radius 3 is 2.86 bits per heavy atom. The van der Waals surface area contributed by atoms with Crippen LogP contribution in [0.2, 0.25) is 5.02 Å². The van der Waals surface area contributed by atoms with Gasteiger partial charge >= 0.3 is 6.09 Å². The highest BCUT2D eigenvalue weighted by molar-refractivity contribution is 6.32. The van der Waals surface area contributed by atoms with E-state index in [0.717, 1.165) is 52.5 Å². The number of ether oxygens (including phenoxy) is 2. The Hall–Kier alpha value is -3.54. The number of carbonyl (C=O) groups is 1. The molecule has 3 aromatic rings. The van der Waals surface area contributed by atoms with Gasteiger partial charge < -0.3 is 24.8 Å². The molecular formula is C27H29ClN4O4. The van der Waals surface area contributed by atoms with Gasteiger partial charge in [0.2, 0.25) is 0 Å². The van der Waals surface area contributed by atoms with Crippen LogP contribution in [0.1, 0.15) is 42.0 Å². The summed E-state index contributed by atoms with van der Waals surface area (Å²) in [5, 5.41) is 23.9. The first-order chi connectivity index (χ1) is 17.4. The van der Waals surface area contributed by atoms with E-state index in [0.29, 0.717) is 36.0 Å². The Morgan fingerprint density at radius 2 is 2.17 bits per heavy atom. The van der Waals surface area contributed by atoms with Gasteiger partial charge in [-0.2, -0.15) is 5.26 Å². The maximum absolute atomic E-state index is 11.5. The zero-order valence-electron chi connectivity index (χ0n) is 20.4. The van der Waals surface area contributed by atoms with Crippen LogP contribution in [0, 0.1) is 11.3 Å². The van der Waals surface area contributed by atoms with Crippen molar-refractivity contribution >= 4 is 34.3 Å². The summed E-state index contributed by atoms with van der Waals surface area (Å²) in [4.78, 5) is 17.6. The number of halogens is 1. The predicted molar refractivity (Wildman–Crippen MR) is 139 cm³/mol. The third-order valence-electron chi connectivity index (χ3n) is 6.51. The van der Waals surface area contributed by atoms with Gasteiger partial charge in [0.1, 0.15) is 5.75 Å². The number of fused-ring (bicyclic) bond motifs is 1. The number of hydrogen-bond donors (Lipinski definition) is 2. The number of amides is 1. The van der Waals surface area contributed by atoms with Crippen LogP contribution in [0.5, 0.6) is 5.75 Å². The van der Waals surface area contributed by atoms with Gasteiger partial charge in [-0.3, -0.25) is 4.98 Å². The number of pyridine rings is 1. The van der Waals surface area contributed by atoms with Crippen molar-refractivity contribution in [3.05, 3.63) is 63.8 Å². The summed E-state index contributed by atoms with van der Waals surface area (Å²) in [6.07, 6.45) is 3.25. The van der Waals surface area contributed by atoms with Crippen molar-refractivity contribution in [3.63, 3.8) is 0 Å². The van der Waals surface area contributed by atoms with Crippen molar-refractivity contribution in [3.8, 4) is 11.8 Å². The fourth-order valence-corrected chi connectivity index (χ4v) is 4.93. The van der Waals surface area contributed by atoms with Gasteiger partial charge in [-0.15, -0.1) is 0 Å². The van der Waals surface area contributed by atoms with Crippen molar-refractivity contribution in [1.29, 1.82) is 5.26 Å². The molecule has 0 bridgehead atoms. The lowest BCUT2D eigenvalue weighted by atomic mass is 10.0. The van der Waals surface area contributed by atoms with E-state index in [1.54, 1.807) is 13.3 Å². The van der Waals surface area contributed by atoms with Crippen molar-refractivity contribution in [1.82, 2.24) is 9.88 Å². The minimum Gasteiger partial charge on any atom is -0.495 e. The van der Waals surface area contributed by atoms with E-state index in [1.165, 1.54) is 4.90 Å². The minimum atomic E-state index is -0.912. The molecule has 4 rings (SSSR count). The second-order valence-electron chi connectivity index (χ2n) is 8.76. The first kappa shape index (κ1) is 25.5. The van der Waals surface area contributed by atoms with E-state index in [-0.39, 0.29) is 12.6 Å². The number of rotatable bonds is 9. The molecule has 1 aliphatic heterocycles. The van der Waals surface area contributed by atoms with E-state index in [2.05, 4.69) is 11.4 Å². The highest BCUT2D eigenvalue weighted by Gasteiger charge is 2.28. The second-order valence-corrected chi connectivity index (χ2v) is 9.17. The number of nitrogens with zero attached hydrogens (tertiary/aromatic N) is 3. The van der Waals surface area contributed by atoms with Gasteiger partial charge in [0.15, 0.2) is 0 Å². The lowest BCUT2D eigenvalue weighted by Gasteiger charge is -2.22. The maximum Gasteiger partial charge on any atom is 0.407 e. The highest BCUT2D eigenvalue weighted by atomic mass is 35.5. The number of methoxy groups -OCH3 is 1. The zero-order valence-corrected chi connectivity index (χ0v) is 21.1. The van der Waals surface area contributed by atoms with Crippen LogP contribution in [-0.2, 0) is 24.3 Å². The van der Waals surface area contributed by atoms with Crippen molar-refractivity contribution in [2.45, 2.75) is 45.4 Å². The minimum absolute atomic E-state index is 0.148. The Kier molecular flexibility index (Phi) is 8.14. The zero-order chi connectivity index (χ0) is 25.7. The molecule has 1 fully saturated rings. The van der Waals surface area contributed by atoms with Gasteiger partial charge in [-0.25, -0.2) is 4.79 Å². The molecule has 8 nitrogen and oxygen atoms in total. The Morgan fingerprint density at radius 1 is 1.33 bits per heavy atom. The quantitative estimate of drug-likeness (QED) is 0.387. The van der Waals surface area contributed by atoms with E-state index >= 15 is 0 Å². The van der Waals surface area contributed by atoms with Crippen LogP contribution < -0.4 is 10.1 Å². The smallest absolute Gasteiger partial charge is 0.407 e. The van der Waals surface area contributed by atoms with Gasteiger partial charge in [-0.1, -0.05) is 24.6 Å². The SMILES string of the molecule is CCc1cc(C#N)cc2c(NCc3ccc(OC)c(Cl)c3)c(COC[C@H]3CCCN3C(=O)O)cnc12. The molecule has 188 valence electrons. The van der Waals surface area contributed by atoms with Crippen LogP contribution in [-0.4, -0.2) is 47.4 Å². The number of hydrogen-bond acceptors (Lipinski definition) is 6. The number of nitriles is 1. The predicted octanol–water partition coefficient (Wildman–Crippen LogP) is 5.60. The Bertz CT molecular complexity index is 1310. The van der Waals surface area contributed by atoms with Gasteiger partial charge in [0.05, 0.1) is 54.2 Å². The summed E-state index contributed by atoms with van der Waals surface area (Å²) < 4.78 is 11.3. The molecular weight excluding hydrogens is 480 g/mol. The summed E-state index contributed by atoms with van der Waals surface area (Å²) in [6, 6.07) is 11.4. The molecule has 1 aromatic heterocycles. The molecule has 1 atom stereocenters. The summed E-state index contributed by atoms with van der Waals surface area (Å²) >= 11 is 6.32. The third-order valence-corrected chi connectivity index (χ3v) is 6.81. The fraction of sp³-hybridized carbons (Fsp3) is 0.370. The molecule has 0 spiro atoms. The second kappa shape index (κ2) is 11.5. The lowest BCUT2D eigenvalue weighted by molar-refractivity contribution is 0.0645. The van der Waals surface area contributed by atoms with Gasteiger partial charge in [0, 0.05) is 30.2 Å². The molecule has 1 aliphatic rings. The van der Waals surface area contributed by atoms with Crippen LogP contribution in [0.3, 0.4) is 0 Å². The first-order valence-electron chi connectivity index (χ1n) is 11.9. The molecule has 2 N–H and O–H groups in total. The molecule has 36 heavy (non-hydrogen) atoms. The van der Waals surface area contributed by atoms with Crippen LogP contribution in [0.4, 0.5) is 10.5 Å². The van der Waals surface area contributed by atoms with Crippen LogP contribution in [0.15, 0.2) is 36.5 Å². The van der Waals surface area contributed by atoms with Crippen LogP contribution in [0.25, 0.3) is 10.9 Å². The third kappa shape index (κ3) is 5.48. The monoisotopic (exact) mass is 508 g/mol. The fourth-order valence-electron chi connectivity index (χ4n) is 4.65. The average Bonchev–Trinajstić information content (AvgIpc) is 3.36.